The lowest BCUT2D eigenvalue weighted by atomic mass is 9.99. The summed E-state index contributed by atoms with van der Waals surface area (Å²) >= 11 is 3.58. The fourth-order valence-electron chi connectivity index (χ4n) is 2.21. The molecule has 2 N–H and O–H groups in total. The number of carbonyl (C=O) groups excluding carboxylic acids is 1. The standard InChI is InChI=1S/C13H16BrNO3/c1-8-7-15(6-5-9(8)14)13(18)12-10(16)3-2-4-11(12)17/h2-4,8-9,16-17H,5-7H2,1H3. The molecule has 0 radical (unpaired) electrons. The van der Waals surface area contributed by atoms with E-state index < -0.39 is 0 Å². The summed E-state index contributed by atoms with van der Waals surface area (Å²) in [5.74, 6) is -0.296. The number of benzene rings is 1. The van der Waals surface area contributed by atoms with Crippen LogP contribution in [0.1, 0.15) is 23.7 Å². The molecule has 5 heteroatoms. The number of phenols is 2. The van der Waals surface area contributed by atoms with Crippen molar-refractivity contribution in [2.75, 3.05) is 13.1 Å². The summed E-state index contributed by atoms with van der Waals surface area (Å²) in [7, 11) is 0. The summed E-state index contributed by atoms with van der Waals surface area (Å²) in [6.45, 7) is 3.33. The van der Waals surface area contributed by atoms with Crippen molar-refractivity contribution in [3.63, 3.8) is 0 Å². The Hall–Kier alpha value is -1.23. The van der Waals surface area contributed by atoms with Crippen molar-refractivity contribution in [2.24, 2.45) is 5.92 Å². The predicted molar refractivity (Wildman–Crippen MR) is 72.2 cm³/mol. The number of hydrogen-bond acceptors (Lipinski definition) is 3. The second kappa shape index (κ2) is 5.18. The summed E-state index contributed by atoms with van der Waals surface area (Å²) in [6, 6.07) is 4.33. The Balaban J connectivity index is 2.22. The molecule has 1 amide bonds. The Kier molecular flexibility index (Phi) is 3.80. The van der Waals surface area contributed by atoms with Crippen LogP contribution >= 0.6 is 15.9 Å². The highest BCUT2D eigenvalue weighted by molar-refractivity contribution is 9.09. The van der Waals surface area contributed by atoms with Crippen LogP contribution in [0.3, 0.4) is 0 Å². The van der Waals surface area contributed by atoms with Gasteiger partial charge in [-0.15, -0.1) is 0 Å². The molecule has 1 fully saturated rings. The molecule has 2 unspecified atom stereocenters. The highest BCUT2D eigenvalue weighted by Gasteiger charge is 2.29. The number of halogens is 1. The Labute approximate surface area is 114 Å². The van der Waals surface area contributed by atoms with Crippen LogP contribution in [0.4, 0.5) is 0 Å². The van der Waals surface area contributed by atoms with E-state index in [0.29, 0.717) is 23.8 Å². The van der Waals surface area contributed by atoms with Crippen LogP contribution in [0.15, 0.2) is 18.2 Å². The molecule has 1 heterocycles. The van der Waals surface area contributed by atoms with Crippen LogP contribution in [0.25, 0.3) is 0 Å². The van der Waals surface area contributed by atoms with Gasteiger partial charge >= 0.3 is 0 Å². The van der Waals surface area contributed by atoms with Crippen LogP contribution in [0.2, 0.25) is 0 Å². The van der Waals surface area contributed by atoms with Gasteiger partial charge in [-0.2, -0.15) is 0 Å². The molecule has 0 saturated carbocycles. The predicted octanol–water partition coefficient (Wildman–Crippen LogP) is 2.34. The van der Waals surface area contributed by atoms with E-state index >= 15 is 0 Å². The van der Waals surface area contributed by atoms with Gasteiger partial charge in [0.05, 0.1) is 0 Å². The van der Waals surface area contributed by atoms with Gasteiger partial charge in [-0.05, 0) is 24.5 Å². The zero-order valence-corrected chi connectivity index (χ0v) is 11.7. The average Bonchev–Trinajstić information content (AvgIpc) is 2.32. The fraction of sp³-hybridized carbons (Fsp3) is 0.462. The summed E-state index contributed by atoms with van der Waals surface area (Å²) in [5.41, 5.74) is -0.00211. The quantitative estimate of drug-likeness (QED) is 0.782. The van der Waals surface area contributed by atoms with Gasteiger partial charge < -0.3 is 15.1 Å². The number of phenolic OH excluding ortho intramolecular Hbond substituents is 2. The number of aromatic hydroxyl groups is 2. The van der Waals surface area contributed by atoms with Crippen LogP contribution in [-0.2, 0) is 0 Å². The van der Waals surface area contributed by atoms with Crippen LogP contribution in [-0.4, -0.2) is 38.9 Å². The minimum Gasteiger partial charge on any atom is -0.507 e. The van der Waals surface area contributed by atoms with Gasteiger partial charge in [-0.3, -0.25) is 4.79 Å². The molecule has 1 aromatic rings. The zero-order valence-electron chi connectivity index (χ0n) is 10.1. The molecule has 1 aliphatic heterocycles. The zero-order chi connectivity index (χ0) is 13.3. The molecule has 0 aliphatic carbocycles. The first-order valence-corrected chi connectivity index (χ1v) is 6.86. The van der Waals surface area contributed by atoms with Gasteiger partial charge in [0.2, 0.25) is 0 Å². The minimum atomic E-state index is -0.308. The molecular weight excluding hydrogens is 298 g/mol. The lowest BCUT2D eigenvalue weighted by molar-refractivity contribution is 0.0684. The second-order valence-corrected chi connectivity index (χ2v) is 5.88. The summed E-state index contributed by atoms with van der Waals surface area (Å²) in [6.07, 6.45) is 0.876. The molecular formula is C13H16BrNO3. The average molecular weight is 314 g/mol. The van der Waals surface area contributed by atoms with Crippen LogP contribution in [0.5, 0.6) is 11.5 Å². The number of hydrogen-bond donors (Lipinski definition) is 2. The lowest BCUT2D eigenvalue weighted by Crippen LogP contribution is -2.43. The van der Waals surface area contributed by atoms with Gasteiger partial charge in [0.1, 0.15) is 17.1 Å². The monoisotopic (exact) mass is 313 g/mol. The molecule has 0 aromatic heterocycles. The molecule has 2 atom stereocenters. The number of rotatable bonds is 1. The van der Waals surface area contributed by atoms with Crippen molar-refractivity contribution < 1.29 is 15.0 Å². The molecule has 0 bridgehead atoms. The molecule has 4 nitrogen and oxygen atoms in total. The second-order valence-electron chi connectivity index (χ2n) is 4.70. The normalized spacial score (nSPS) is 24.0. The van der Waals surface area contributed by atoms with E-state index in [1.165, 1.54) is 18.2 Å². The van der Waals surface area contributed by atoms with Gasteiger partial charge in [-0.1, -0.05) is 28.9 Å². The van der Waals surface area contributed by atoms with Crippen LogP contribution < -0.4 is 0 Å². The molecule has 18 heavy (non-hydrogen) atoms. The lowest BCUT2D eigenvalue weighted by Gasteiger charge is -2.34. The van der Waals surface area contributed by atoms with E-state index in [1.54, 1.807) is 4.90 Å². The molecule has 1 aromatic carbocycles. The molecule has 0 spiro atoms. The van der Waals surface area contributed by atoms with Crippen molar-refractivity contribution in [2.45, 2.75) is 18.2 Å². The Morgan fingerprint density at radius 3 is 2.56 bits per heavy atom. The largest absolute Gasteiger partial charge is 0.507 e. The van der Waals surface area contributed by atoms with Crippen molar-refractivity contribution >= 4 is 21.8 Å². The Morgan fingerprint density at radius 2 is 2.00 bits per heavy atom. The number of amides is 1. The van der Waals surface area contributed by atoms with E-state index in [4.69, 9.17) is 0 Å². The Morgan fingerprint density at radius 1 is 1.39 bits per heavy atom. The maximum Gasteiger partial charge on any atom is 0.261 e. The third kappa shape index (κ3) is 2.46. The van der Waals surface area contributed by atoms with E-state index in [9.17, 15) is 15.0 Å². The van der Waals surface area contributed by atoms with Gasteiger partial charge in [0, 0.05) is 17.9 Å². The van der Waals surface area contributed by atoms with E-state index in [0.717, 1.165) is 6.42 Å². The number of nitrogens with zero attached hydrogens (tertiary/aromatic N) is 1. The first-order chi connectivity index (χ1) is 8.50. The van der Waals surface area contributed by atoms with Gasteiger partial charge in [0.15, 0.2) is 0 Å². The SMILES string of the molecule is CC1CN(C(=O)c2c(O)cccc2O)CCC1Br. The molecule has 2 rings (SSSR count). The number of piperidine rings is 1. The first-order valence-electron chi connectivity index (χ1n) is 5.95. The number of carbonyl (C=O) groups is 1. The first kappa shape index (κ1) is 13.2. The fourth-order valence-corrected chi connectivity index (χ4v) is 2.58. The number of likely N-dealkylation sites (tertiary alicyclic amines) is 1. The van der Waals surface area contributed by atoms with Crippen molar-refractivity contribution in [3.05, 3.63) is 23.8 Å². The molecule has 1 aliphatic rings. The summed E-state index contributed by atoms with van der Waals surface area (Å²) < 4.78 is 0. The smallest absolute Gasteiger partial charge is 0.261 e. The highest BCUT2D eigenvalue weighted by Crippen LogP contribution is 2.30. The van der Waals surface area contributed by atoms with Crippen molar-refractivity contribution in [1.29, 1.82) is 0 Å². The minimum absolute atomic E-state index is 0.00211. The van der Waals surface area contributed by atoms with E-state index in [-0.39, 0.29) is 23.0 Å². The molecule has 98 valence electrons. The number of alkyl halides is 1. The topological polar surface area (TPSA) is 60.8 Å². The third-order valence-corrected chi connectivity index (χ3v) is 4.68. The van der Waals surface area contributed by atoms with Gasteiger partial charge in [-0.25, -0.2) is 0 Å². The van der Waals surface area contributed by atoms with E-state index in [2.05, 4.69) is 22.9 Å². The molecule has 1 saturated heterocycles. The van der Waals surface area contributed by atoms with Crippen molar-refractivity contribution in [1.82, 2.24) is 4.90 Å². The third-order valence-electron chi connectivity index (χ3n) is 3.32. The summed E-state index contributed by atoms with van der Waals surface area (Å²) in [5, 5.41) is 19.4. The Bertz CT molecular complexity index is 443. The van der Waals surface area contributed by atoms with Gasteiger partial charge in [0.25, 0.3) is 5.91 Å². The van der Waals surface area contributed by atoms with Crippen LogP contribution in [0, 0.1) is 5.92 Å². The highest BCUT2D eigenvalue weighted by atomic mass is 79.9. The summed E-state index contributed by atoms with van der Waals surface area (Å²) in [4.78, 5) is 14.4. The van der Waals surface area contributed by atoms with E-state index in [1.807, 2.05) is 0 Å². The maximum absolute atomic E-state index is 12.3. The maximum atomic E-state index is 12.3. The van der Waals surface area contributed by atoms with Crippen molar-refractivity contribution in [3.8, 4) is 11.5 Å².